The zero-order valence-electron chi connectivity index (χ0n) is 17.5. The Kier molecular flexibility index (Phi) is 6.25. The van der Waals surface area contributed by atoms with Gasteiger partial charge in [0.1, 0.15) is 30.0 Å². The summed E-state index contributed by atoms with van der Waals surface area (Å²) in [5, 5.41) is 6.89. The topological polar surface area (TPSA) is 103 Å². The van der Waals surface area contributed by atoms with Gasteiger partial charge in [0, 0.05) is 18.0 Å². The number of amides is 1. The van der Waals surface area contributed by atoms with E-state index in [9.17, 15) is 9.18 Å². The van der Waals surface area contributed by atoms with Gasteiger partial charge in [0.2, 0.25) is 11.7 Å². The van der Waals surface area contributed by atoms with Crippen LogP contribution in [-0.2, 0) is 6.61 Å². The quantitative estimate of drug-likeness (QED) is 0.431. The van der Waals surface area contributed by atoms with Crippen molar-refractivity contribution >= 4 is 5.91 Å². The van der Waals surface area contributed by atoms with E-state index in [1.54, 1.807) is 36.7 Å². The summed E-state index contributed by atoms with van der Waals surface area (Å²) in [6.07, 6.45) is 3.28. The lowest BCUT2D eigenvalue weighted by atomic mass is 10.0. The van der Waals surface area contributed by atoms with Crippen LogP contribution in [0.5, 0.6) is 5.75 Å². The molecule has 0 aliphatic rings. The summed E-state index contributed by atoms with van der Waals surface area (Å²) in [6, 6.07) is 11.9. The van der Waals surface area contributed by atoms with Gasteiger partial charge in [-0.1, -0.05) is 19.0 Å². The molecule has 0 radical (unpaired) electrons. The minimum Gasteiger partial charge on any atom is -0.486 e. The summed E-state index contributed by atoms with van der Waals surface area (Å²) in [4.78, 5) is 21.1. The number of nitrogens with one attached hydrogen (secondary N) is 1. The summed E-state index contributed by atoms with van der Waals surface area (Å²) in [5.41, 5.74) is 0.765. The molecule has 0 bridgehead atoms. The number of benzene rings is 1. The van der Waals surface area contributed by atoms with Gasteiger partial charge in [-0.05, 0) is 54.4 Å². The van der Waals surface area contributed by atoms with Crippen molar-refractivity contribution in [2.45, 2.75) is 26.5 Å². The van der Waals surface area contributed by atoms with Crippen molar-refractivity contribution < 1.29 is 22.9 Å². The number of hydrogen-bond donors (Lipinski definition) is 1. The van der Waals surface area contributed by atoms with E-state index in [1.807, 2.05) is 13.8 Å². The Morgan fingerprint density at radius 3 is 2.56 bits per heavy atom. The summed E-state index contributed by atoms with van der Waals surface area (Å²) < 4.78 is 29.5. The van der Waals surface area contributed by atoms with Gasteiger partial charge in [-0.25, -0.2) is 4.39 Å². The lowest BCUT2D eigenvalue weighted by molar-refractivity contribution is 0.0881. The average Bonchev–Trinajstić information content (AvgIpc) is 3.47. The van der Waals surface area contributed by atoms with Gasteiger partial charge in [0.25, 0.3) is 5.91 Å². The summed E-state index contributed by atoms with van der Waals surface area (Å²) in [6.45, 7) is 3.97. The molecule has 3 heterocycles. The standard InChI is InChI=1S/C23H21FN4O4/c1-14(2)20(23-27-21(28-32-23)15-9-11-25-12-10-15)26-22(29)19-8-7-18(31-19)13-30-17-5-3-16(24)4-6-17/h3-12,14,20H,13H2,1-2H3,(H,26,29)/t20-/m1/s1. The van der Waals surface area contributed by atoms with Gasteiger partial charge >= 0.3 is 0 Å². The maximum absolute atomic E-state index is 13.0. The van der Waals surface area contributed by atoms with Gasteiger partial charge in [-0.15, -0.1) is 0 Å². The van der Waals surface area contributed by atoms with Gasteiger partial charge in [-0.2, -0.15) is 4.98 Å². The van der Waals surface area contributed by atoms with Crippen molar-refractivity contribution in [1.82, 2.24) is 20.4 Å². The van der Waals surface area contributed by atoms with E-state index in [2.05, 4.69) is 20.4 Å². The van der Waals surface area contributed by atoms with Crippen LogP contribution >= 0.6 is 0 Å². The number of aromatic nitrogens is 3. The van der Waals surface area contributed by atoms with Gasteiger partial charge in [0.15, 0.2) is 5.76 Å². The van der Waals surface area contributed by atoms with Crippen LogP contribution in [-0.4, -0.2) is 21.0 Å². The Morgan fingerprint density at radius 1 is 1.09 bits per heavy atom. The minimum absolute atomic E-state index is 0.0130. The van der Waals surface area contributed by atoms with Crippen LogP contribution in [0.3, 0.4) is 0 Å². The van der Waals surface area contributed by atoms with Crippen LogP contribution in [0.4, 0.5) is 4.39 Å². The van der Waals surface area contributed by atoms with E-state index in [0.29, 0.717) is 23.2 Å². The SMILES string of the molecule is CC(C)[C@@H](NC(=O)c1ccc(COc2ccc(F)cc2)o1)c1nc(-c2ccncc2)no1. The van der Waals surface area contributed by atoms with Crippen LogP contribution in [0, 0.1) is 11.7 Å². The predicted octanol–water partition coefficient (Wildman–Crippen LogP) is 4.57. The van der Waals surface area contributed by atoms with Crippen LogP contribution in [0.15, 0.2) is 69.9 Å². The fraction of sp³-hybridized carbons (Fsp3) is 0.217. The number of rotatable bonds is 8. The molecule has 1 aromatic carbocycles. The molecule has 3 aromatic heterocycles. The van der Waals surface area contributed by atoms with Crippen molar-refractivity contribution in [2.75, 3.05) is 0 Å². The molecule has 0 unspecified atom stereocenters. The molecule has 1 N–H and O–H groups in total. The average molecular weight is 436 g/mol. The number of halogens is 1. The first-order valence-electron chi connectivity index (χ1n) is 10.0. The molecule has 4 rings (SSSR count). The first-order valence-corrected chi connectivity index (χ1v) is 10.0. The normalized spacial score (nSPS) is 12.0. The third-order valence-electron chi connectivity index (χ3n) is 4.68. The molecule has 0 fully saturated rings. The second-order valence-electron chi connectivity index (χ2n) is 7.40. The Morgan fingerprint density at radius 2 is 1.84 bits per heavy atom. The third-order valence-corrected chi connectivity index (χ3v) is 4.68. The smallest absolute Gasteiger partial charge is 0.287 e. The van der Waals surface area contributed by atoms with Gasteiger partial charge in [-0.3, -0.25) is 9.78 Å². The molecule has 0 saturated carbocycles. The fourth-order valence-corrected chi connectivity index (χ4v) is 2.97. The predicted molar refractivity (Wildman–Crippen MR) is 112 cm³/mol. The number of pyridine rings is 1. The molecular weight excluding hydrogens is 415 g/mol. The Bertz CT molecular complexity index is 1170. The van der Waals surface area contributed by atoms with Crippen LogP contribution in [0.1, 0.15) is 42.1 Å². The van der Waals surface area contributed by atoms with Gasteiger partial charge < -0.3 is 19.0 Å². The molecule has 0 aliphatic carbocycles. The fourth-order valence-electron chi connectivity index (χ4n) is 2.97. The third kappa shape index (κ3) is 5.00. The van der Waals surface area contributed by atoms with Crippen LogP contribution in [0.25, 0.3) is 11.4 Å². The van der Waals surface area contributed by atoms with E-state index in [4.69, 9.17) is 13.7 Å². The summed E-state index contributed by atoms with van der Waals surface area (Å²) >= 11 is 0. The molecule has 0 spiro atoms. The van der Waals surface area contributed by atoms with Crippen LogP contribution < -0.4 is 10.1 Å². The Hall–Kier alpha value is -4.01. The highest BCUT2D eigenvalue weighted by Crippen LogP contribution is 2.24. The second kappa shape index (κ2) is 9.42. The highest BCUT2D eigenvalue weighted by Gasteiger charge is 2.26. The van der Waals surface area contributed by atoms with E-state index in [0.717, 1.165) is 5.56 Å². The molecule has 4 aromatic rings. The van der Waals surface area contributed by atoms with Crippen molar-refractivity contribution in [3.8, 4) is 17.1 Å². The monoisotopic (exact) mass is 436 g/mol. The molecule has 0 aliphatic heterocycles. The zero-order valence-corrected chi connectivity index (χ0v) is 17.5. The second-order valence-corrected chi connectivity index (χ2v) is 7.40. The first kappa shape index (κ1) is 21.2. The number of furan rings is 1. The molecule has 8 nitrogen and oxygen atoms in total. The largest absolute Gasteiger partial charge is 0.486 e. The zero-order chi connectivity index (χ0) is 22.5. The number of hydrogen-bond acceptors (Lipinski definition) is 7. The van der Waals surface area contributed by atoms with E-state index >= 15 is 0 Å². The lowest BCUT2D eigenvalue weighted by Crippen LogP contribution is -2.31. The number of carbonyl (C=O) groups is 1. The molecule has 32 heavy (non-hydrogen) atoms. The number of ether oxygens (including phenoxy) is 1. The van der Waals surface area contributed by atoms with Crippen molar-refractivity contribution in [3.63, 3.8) is 0 Å². The Labute approximate surface area is 183 Å². The van der Waals surface area contributed by atoms with Crippen molar-refractivity contribution in [2.24, 2.45) is 5.92 Å². The van der Waals surface area contributed by atoms with Crippen LogP contribution in [0.2, 0.25) is 0 Å². The first-order chi connectivity index (χ1) is 15.5. The maximum atomic E-state index is 13.0. The molecule has 164 valence electrons. The van der Waals surface area contributed by atoms with E-state index < -0.39 is 11.9 Å². The highest BCUT2D eigenvalue weighted by atomic mass is 19.1. The molecule has 0 saturated heterocycles. The number of carbonyl (C=O) groups excluding carboxylic acids is 1. The summed E-state index contributed by atoms with van der Waals surface area (Å²) in [7, 11) is 0. The van der Waals surface area contributed by atoms with Crippen molar-refractivity contribution in [3.05, 3.63) is 84.2 Å². The molecule has 1 amide bonds. The molecule has 9 heteroatoms. The summed E-state index contributed by atoms with van der Waals surface area (Å²) in [5.74, 6) is 1.02. The van der Waals surface area contributed by atoms with E-state index in [-0.39, 0.29) is 24.1 Å². The lowest BCUT2D eigenvalue weighted by Gasteiger charge is -2.17. The Balaban J connectivity index is 1.41. The highest BCUT2D eigenvalue weighted by molar-refractivity contribution is 5.91. The minimum atomic E-state index is -0.505. The molecule has 1 atom stereocenters. The van der Waals surface area contributed by atoms with E-state index in [1.165, 1.54) is 24.3 Å². The maximum Gasteiger partial charge on any atom is 0.287 e. The van der Waals surface area contributed by atoms with Crippen molar-refractivity contribution in [1.29, 1.82) is 0 Å². The van der Waals surface area contributed by atoms with Gasteiger partial charge in [0.05, 0.1) is 0 Å². The number of nitrogens with zero attached hydrogens (tertiary/aromatic N) is 3. The molecular formula is C23H21FN4O4.